The molecule has 0 aromatic carbocycles. The molecule has 24 heavy (non-hydrogen) atoms. The van der Waals surface area contributed by atoms with Gasteiger partial charge in [0, 0.05) is 22.8 Å². The molecule has 0 aliphatic rings. The highest BCUT2D eigenvalue weighted by atomic mass is 35.5. The van der Waals surface area contributed by atoms with Crippen LogP contribution < -0.4 is 10.6 Å². The molecule has 0 spiro atoms. The highest BCUT2D eigenvalue weighted by Crippen LogP contribution is 2.26. The molecule has 0 saturated carbocycles. The van der Waals surface area contributed by atoms with Crippen LogP contribution in [0.2, 0.25) is 4.34 Å². The van der Waals surface area contributed by atoms with Crippen LogP contribution in [-0.4, -0.2) is 22.8 Å². The van der Waals surface area contributed by atoms with Crippen molar-refractivity contribution in [1.82, 2.24) is 15.6 Å². The normalized spacial score (nSPS) is 13.4. The molecule has 2 N–H and O–H groups in total. The zero-order chi connectivity index (χ0) is 17.7. The van der Waals surface area contributed by atoms with E-state index in [0.717, 1.165) is 4.88 Å². The van der Waals surface area contributed by atoms with Gasteiger partial charge in [-0.1, -0.05) is 25.4 Å². The molecule has 0 saturated heterocycles. The van der Waals surface area contributed by atoms with E-state index in [1.807, 2.05) is 26.8 Å². The van der Waals surface area contributed by atoms with Gasteiger partial charge in [-0.15, -0.1) is 11.3 Å². The van der Waals surface area contributed by atoms with E-state index < -0.39 is 6.04 Å². The maximum absolute atomic E-state index is 12.6. The second-order valence-electron chi connectivity index (χ2n) is 5.80. The Morgan fingerprint density at radius 3 is 2.29 bits per heavy atom. The Kier molecular flexibility index (Phi) is 6.34. The van der Waals surface area contributed by atoms with Crippen LogP contribution >= 0.6 is 22.9 Å². The van der Waals surface area contributed by atoms with Crippen LogP contribution in [0.1, 0.15) is 42.0 Å². The molecular formula is C17H20ClN3O2S. The molecule has 2 atom stereocenters. The Morgan fingerprint density at radius 2 is 1.75 bits per heavy atom. The van der Waals surface area contributed by atoms with Crippen LogP contribution in [0.3, 0.4) is 0 Å². The number of aromatic nitrogens is 1. The van der Waals surface area contributed by atoms with E-state index in [2.05, 4.69) is 15.6 Å². The largest absolute Gasteiger partial charge is 0.347 e. The summed E-state index contributed by atoms with van der Waals surface area (Å²) in [7, 11) is 0. The van der Waals surface area contributed by atoms with E-state index in [0.29, 0.717) is 9.90 Å². The minimum absolute atomic E-state index is 0.0464. The summed E-state index contributed by atoms with van der Waals surface area (Å²) in [6.45, 7) is 5.68. The molecule has 0 radical (unpaired) electrons. The van der Waals surface area contributed by atoms with Crippen LogP contribution in [0.4, 0.5) is 0 Å². The van der Waals surface area contributed by atoms with Gasteiger partial charge in [-0.3, -0.25) is 14.6 Å². The van der Waals surface area contributed by atoms with Crippen molar-refractivity contribution >= 4 is 34.8 Å². The second-order valence-corrected chi connectivity index (χ2v) is 7.55. The summed E-state index contributed by atoms with van der Waals surface area (Å²) < 4.78 is 0.678. The number of hydrogen-bond donors (Lipinski definition) is 2. The molecule has 0 aliphatic carbocycles. The number of carbonyl (C=O) groups is 2. The van der Waals surface area contributed by atoms with E-state index in [9.17, 15) is 9.59 Å². The van der Waals surface area contributed by atoms with E-state index in [-0.39, 0.29) is 23.8 Å². The quantitative estimate of drug-likeness (QED) is 0.823. The van der Waals surface area contributed by atoms with Gasteiger partial charge in [0.05, 0.1) is 10.4 Å². The fourth-order valence-corrected chi connectivity index (χ4v) is 3.26. The van der Waals surface area contributed by atoms with Crippen molar-refractivity contribution in [3.8, 4) is 0 Å². The van der Waals surface area contributed by atoms with Crippen molar-refractivity contribution in [3.63, 3.8) is 0 Å². The Hall–Kier alpha value is -1.92. The fraction of sp³-hybridized carbons (Fsp3) is 0.353. The molecule has 2 aromatic rings. The second kappa shape index (κ2) is 8.26. The third-order valence-corrected chi connectivity index (χ3v) is 4.97. The number of pyridine rings is 1. The van der Waals surface area contributed by atoms with Crippen LogP contribution in [0.5, 0.6) is 0 Å². The summed E-state index contributed by atoms with van der Waals surface area (Å²) in [5.41, 5.74) is 0.474. The van der Waals surface area contributed by atoms with Gasteiger partial charge >= 0.3 is 0 Å². The number of thiophene rings is 1. The van der Waals surface area contributed by atoms with Gasteiger partial charge in [0.1, 0.15) is 6.04 Å². The predicted octanol–water partition coefficient (Wildman–Crippen LogP) is 3.43. The zero-order valence-corrected chi connectivity index (χ0v) is 15.3. The summed E-state index contributed by atoms with van der Waals surface area (Å²) in [6.07, 6.45) is 3.09. The molecule has 7 heteroatoms. The number of carbonyl (C=O) groups excluding carboxylic acids is 2. The zero-order valence-electron chi connectivity index (χ0n) is 13.7. The molecule has 128 valence electrons. The van der Waals surface area contributed by atoms with Crippen molar-refractivity contribution in [1.29, 1.82) is 0 Å². The summed E-state index contributed by atoms with van der Waals surface area (Å²) in [5, 5.41) is 5.73. The van der Waals surface area contributed by atoms with Gasteiger partial charge in [-0.05, 0) is 37.1 Å². The lowest BCUT2D eigenvalue weighted by atomic mass is 10.0. The van der Waals surface area contributed by atoms with Crippen molar-refractivity contribution in [2.75, 3.05) is 0 Å². The summed E-state index contributed by atoms with van der Waals surface area (Å²) >= 11 is 7.36. The minimum atomic E-state index is -0.622. The molecule has 0 fully saturated rings. The third kappa shape index (κ3) is 4.79. The molecule has 2 amide bonds. The highest BCUT2D eigenvalue weighted by Gasteiger charge is 2.26. The third-order valence-electron chi connectivity index (χ3n) is 3.56. The number of hydrogen-bond acceptors (Lipinski definition) is 4. The first-order valence-electron chi connectivity index (χ1n) is 7.65. The van der Waals surface area contributed by atoms with Crippen molar-refractivity contribution in [3.05, 3.63) is 51.4 Å². The van der Waals surface area contributed by atoms with Crippen molar-refractivity contribution in [2.24, 2.45) is 5.92 Å². The average Bonchev–Trinajstić information content (AvgIpc) is 2.99. The van der Waals surface area contributed by atoms with Crippen LogP contribution in [-0.2, 0) is 4.79 Å². The lowest BCUT2D eigenvalue weighted by molar-refractivity contribution is -0.124. The number of nitrogens with zero attached hydrogens (tertiary/aromatic N) is 1. The van der Waals surface area contributed by atoms with Gasteiger partial charge in [0.2, 0.25) is 5.91 Å². The van der Waals surface area contributed by atoms with Crippen molar-refractivity contribution < 1.29 is 9.59 Å². The van der Waals surface area contributed by atoms with E-state index >= 15 is 0 Å². The standard InChI is InChI=1S/C17H20ClN3O2S/c1-10(2)15(21-16(22)12-6-8-19-9-7-12)17(23)20-11(3)13-4-5-14(18)24-13/h4-11,15H,1-3H3,(H,20,23)(H,21,22)/t11-,15-/m0/s1. The predicted molar refractivity (Wildman–Crippen MR) is 96.2 cm³/mol. The number of amides is 2. The smallest absolute Gasteiger partial charge is 0.252 e. The van der Waals surface area contributed by atoms with E-state index in [1.165, 1.54) is 11.3 Å². The van der Waals surface area contributed by atoms with Crippen LogP contribution in [0, 0.1) is 5.92 Å². The van der Waals surface area contributed by atoms with Gasteiger partial charge in [-0.2, -0.15) is 0 Å². The Balaban J connectivity index is 2.04. The summed E-state index contributed by atoms with van der Waals surface area (Å²) in [6, 6.07) is 6.12. The number of rotatable bonds is 6. The topological polar surface area (TPSA) is 71.1 Å². The van der Waals surface area contributed by atoms with Gasteiger partial charge < -0.3 is 10.6 Å². The molecule has 5 nitrogen and oxygen atoms in total. The maximum atomic E-state index is 12.6. The SMILES string of the molecule is CC(C)[C@H](NC(=O)c1ccncc1)C(=O)N[C@@H](C)c1ccc(Cl)s1. The first-order chi connectivity index (χ1) is 11.4. The lowest BCUT2D eigenvalue weighted by Crippen LogP contribution is -2.50. The molecule has 0 unspecified atom stereocenters. The molecule has 2 rings (SSSR count). The molecule has 2 aromatic heterocycles. The number of nitrogens with one attached hydrogen (secondary N) is 2. The Bertz CT molecular complexity index is 703. The lowest BCUT2D eigenvalue weighted by Gasteiger charge is -2.23. The van der Waals surface area contributed by atoms with E-state index in [1.54, 1.807) is 30.6 Å². The maximum Gasteiger partial charge on any atom is 0.252 e. The van der Waals surface area contributed by atoms with Gasteiger partial charge in [0.15, 0.2) is 0 Å². The molecule has 2 heterocycles. The molecular weight excluding hydrogens is 346 g/mol. The van der Waals surface area contributed by atoms with Gasteiger partial charge in [-0.25, -0.2) is 0 Å². The first-order valence-corrected chi connectivity index (χ1v) is 8.84. The van der Waals surface area contributed by atoms with Crippen molar-refractivity contribution in [2.45, 2.75) is 32.9 Å². The van der Waals surface area contributed by atoms with E-state index in [4.69, 9.17) is 11.6 Å². The van der Waals surface area contributed by atoms with Crippen LogP contribution in [0.15, 0.2) is 36.7 Å². The molecule has 0 bridgehead atoms. The average molecular weight is 366 g/mol. The fourth-order valence-electron chi connectivity index (χ4n) is 2.20. The highest BCUT2D eigenvalue weighted by molar-refractivity contribution is 7.16. The Morgan fingerprint density at radius 1 is 1.08 bits per heavy atom. The number of halogens is 1. The Labute approximate surface area is 150 Å². The monoisotopic (exact) mass is 365 g/mol. The first kappa shape index (κ1) is 18.4. The summed E-state index contributed by atoms with van der Waals surface area (Å²) in [5.74, 6) is -0.558. The summed E-state index contributed by atoms with van der Waals surface area (Å²) in [4.78, 5) is 29.7. The van der Waals surface area contributed by atoms with Gasteiger partial charge in [0.25, 0.3) is 5.91 Å². The van der Waals surface area contributed by atoms with Crippen LogP contribution in [0.25, 0.3) is 0 Å². The molecule has 0 aliphatic heterocycles. The minimum Gasteiger partial charge on any atom is -0.347 e.